The molecular weight excluding hydrogens is 264 g/mol. The summed E-state index contributed by atoms with van der Waals surface area (Å²) in [5.41, 5.74) is 8.68. The van der Waals surface area contributed by atoms with Crippen LogP contribution < -0.4 is 10.5 Å². The highest BCUT2D eigenvalue weighted by atomic mass is 16.5. The third-order valence-corrected chi connectivity index (χ3v) is 3.22. The van der Waals surface area contributed by atoms with Crippen molar-refractivity contribution in [3.8, 4) is 11.5 Å². The number of nitrogens with two attached hydrogens (primary N) is 1. The molecule has 0 amide bonds. The average molecular weight is 280 g/mol. The number of pyridine rings is 1. The van der Waals surface area contributed by atoms with Crippen LogP contribution in [0.4, 0.5) is 5.69 Å². The van der Waals surface area contributed by atoms with Crippen LogP contribution in [0.25, 0.3) is 10.9 Å². The summed E-state index contributed by atoms with van der Waals surface area (Å²) in [4.78, 5) is 4.28. The molecule has 0 saturated heterocycles. The van der Waals surface area contributed by atoms with Crippen LogP contribution in [0, 0.1) is 0 Å². The number of fused-ring (bicyclic) bond motifs is 1. The van der Waals surface area contributed by atoms with Gasteiger partial charge < -0.3 is 15.2 Å². The maximum absolute atomic E-state index is 6.17. The Kier molecular flexibility index (Phi) is 3.71. The Balaban J connectivity index is 1.94. The number of anilines is 1. The first-order chi connectivity index (χ1) is 10.3. The first kappa shape index (κ1) is 13.4. The number of ether oxygens (including phenoxy) is 2. The summed E-state index contributed by atoms with van der Waals surface area (Å²) in [6.45, 7) is 0.550. The summed E-state index contributed by atoms with van der Waals surface area (Å²) in [7, 11) is 1.67. The van der Waals surface area contributed by atoms with Gasteiger partial charge in [0.2, 0.25) is 0 Å². The zero-order chi connectivity index (χ0) is 14.7. The molecule has 0 radical (unpaired) electrons. The SMILES string of the molecule is COCc1cccc(Oc2ccc3ncccc3c2N)c1. The van der Waals surface area contributed by atoms with Crippen molar-refractivity contribution in [3.05, 3.63) is 60.3 Å². The summed E-state index contributed by atoms with van der Waals surface area (Å²) >= 11 is 0. The van der Waals surface area contributed by atoms with Crippen LogP contribution in [0.15, 0.2) is 54.7 Å². The quantitative estimate of drug-likeness (QED) is 0.739. The predicted octanol–water partition coefficient (Wildman–Crippen LogP) is 3.76. The van der Waals surface area contributed by atoms with Crippen LogP contribution in [0.5, 0.6) is 11.5 Å². The molecule has 0 bridgehead atoms. The molecule has 0 unspecified atom stereocenters. The van der Waals surface area contributed by atoms with Gasteiger partial charge in [-0.15, -0.1) is 0 Å². The van der Waals surface area contributed by atoms with Crippen molar-refractivity contribution in [1.82, 2.24) is 4.98 Å². The van der Waals surface area contributed by atoms with Gasteiger partial charge in [0, 0.05) is 18.7 Å². The molecular formula is C17H16N2O2. The molecule has 1 heterocycles. The highest BCUT2D eigenvalue weighted by Crippen LogP contribution is 2.33. The second-order valence-electron chi connectivity index (χ2n) is 4.73. The van der Waals surface area contributed by atoms with E-state index in [-0.39, 0.29) is 0 Å². The number of rotatable bonds is 4. The highest BCUT2D eigenvalue weighted by molar-refractivity contribution is 5.93. The second-order valence-corrected chi connectivity index (χ2v) is 4.73. The van der Waals surface area contributed by atoms with Crippen molar-refractivity contribution in [2.24, 2.45) is 0 Å². The predicted molar refractivity (Wildman–Crippen MR) is 83.4 cm³/mol. The fourth-order valence-electron chi connectivity index (χ4n) is 2.24. The lowest BCUT2D eigenvalue weighted by molar-refractivity contribution is 0.184. The topological polar surface area (TPSA) is 57.4 Å². The molecule has 3 aromatic rings. The molecule has 4 heteroatoms. The summed E-state index contributed by atoms with van der Waals surface area (Å²) in [6, 6.07) is 15.3. The largest absolute Gasteiger partial charge is 0.455 e. The van der Waals surface area contributed by atoms with Gasteiger partial charge in [0.15, 0.2) is 5.75 Å². The smallest absolute Gasteiger partial charge is 0.151 e. The van der Waals surface area contributed by atoms with Crippen molar-refractivity contribution < 1.29 is 9.47 Å². The van der Waals surface area contributed by atoms with Crippen LogP contribution in [0.2, 0.25) is 0 Å². The monoisotopic (exact) mass is 280 g/mol. The fraction of sp³-hybridized carbons (Fsp3) is 0.118. The fourth-order valence-corrected chi connectivity index (χ4v) is 2.24. The normalized spacial score (nSPS) is 10.7. The standard InChI is InChI=1S/C17H16N2O2/c1-20-11-12-4-2-5-13(10-12)21-16-8-7-15-14(17(16)18)6-3-9-19-15/h2-10H,11,18H2,1H3. The van der Waals surface area contributed by atoms with Crippen LogP contribution in [0.1, 0.15) is 5.56 Å². The zero-order valence-electron chi connectivity index (χ0n) is 11.7. The number of nitrogen functional groups attached to an aromatic ring is 1. The van der Waals surface area contributed by atoms with E-state index in [1.165, 1.54) is 0 Å². The third-order valence-electron chi connectivity index (χ3n) is 3.22. The molecule has 0 spiro atoms. The minimum atomic E-state index is 0.550. The lowest BCUT2D eigenvalue weighted by Gasteiger charge is -2.11. The van der Waals surface area contributed by atoms with E-state index in [1.54, 1.807) is 13.3 Å². The van der Waals surface area contributed by atoms with E-state index in [9.17, 15) is 0 Å². The van der Waals surface area contributed by atoms with Crippen LogP contribution in [0.3, 0.4) is 0 Å². The Morgan fingerprint density at radius 1 is 1.10 bits per heavy atom. The van der Waals surface area contributed by atoms with Gasteiger partial charge in [0.25, 0.3) is 0 Å². The lowest BCUT2D eigenvalue weighted by atomic mass is 10.1. The summed E-state index contributed by atoms with van der Waals surface area (Å²) in [5.74, 6) is 1.37. The van der Waals surface area contributed by atoms with Gasteiger partial charge >= 0.3 is 0 Å². The van der Waals surface area contributed by atoms with Crippen LogP contribution in [-0.4, -0.2) is 12.1 Å². The molecule has 106 valence electrons. The summed E-state index contributed by atoms with van der Waals surface area (Å²) < 4.78 is 11.0. The molecule has 2 N–H and O–H groups in total. The Morgan fingerprint density at radius 3 is 2.86 bits per heavy atom. The molecule has 0 aliphatic rings. The molecule has 0 saturated carbocycles. The molecule has 21 heavy (non-hydrogen) atoms. The highest BCUT2D eigenvalue weighted by Gasteiger charge is 2.07. The maximum Gasteiger partial charge on any atom is 0.151 e. The third kappa shape index (κ3) is 2.80. The van der Waals surface area contributed by atoms with E-state index in [0.717, 1.165) is 22.2 Å². The zero-order valence-corrected chi connectivity index (χ0v) is 11.7. The number of methoxy groups -OCH3 is 1. The van der Waals surface area contributed by atoms with E-state index in [4.69, 9.17) is 15.2 Å². The van der Waals surface area contributed by atoms with E-state index in [1.807, 2.05) is 48.5 Å². The van der Waals surface area contributed by atoms with Crippen LogP contribution in [-0.2, 0) is 11.3 Å². The number of benzene rings is 2. The van der Waals surface area contributed by atoms with Gasteiger partial charge in [0.05, 0.1) is 17.8 Å². The Labute approximate surface area is 123 Å². The van der Waals surface area contributed by atoms with Crippen molar-refractivity contribution in [2.45, 2.75) is 6.61 Å². The average Bonchev–Trinajstić information content (AvgIpc) is 2.51. The van der Waals surface area contributed by atoms with E-state index >= 15 is 0 Å². The molecule has 0 atom stereocenters. The van der Waals surface area contributed by atoms with Crippen molar-refractivity contribution in [2.75, 3.05) is 12.8 Å². The Morgan fingerprint density at radius 2 is 2.00 bits per heavy atom. The van der Waals surface area contributed by atoms with Gasteiger partial charge in [-0.1, -0.05) is 12.1 Å². The molecule has 0 fully saturated rings. The number of nitrogens with zero attached hydrogens (tertiary/aromatic N) is 1. The van der Waals surface area contributed by atoms with Crippen molar-refractivity contribution in [1.29, 1.82) is 0 Å². The molecule has 1 aromatic heterocycles. The van der Waals surface area contributed by atoms with Gasteiger partial charge in [-0.05, 0) is 42.0 Å². The molecule has 3 rings (SSSR count). The number of hydrogen-bond donors (Lipinski definition) is 1. The Hall–Kier alpha value is -2.59. The number of hydrogen-bond acceptors (Lipinski definition) is 4. The van der Waals surface area contributed by atoms with Crippen LogP contribution >= 0.6 is 0 Å². The van der Waals surface area contributed by atoms with E-state index in [0.29, 0.717) is 18.0 Å². The molecule has 0 aliphatic heterocycles. The van der Waals surface area contributed by atoms with E-state index in [2.05, 4.69) is 4.98 Å². The first-order valence-electron chi connectivity index (χ1n) is 6.67. The van der Waals surface area contributed by atoms with Crippen molar-refractivity contribution in [3.63, 3.8) is 0 Å². The first-order valence-corrected chi connectivity index (χ1v) is 6.67. The van der Waals surface area contributed by atoms with Gasteiger partial charge in [-0.2, -0.15) is 0 Å². The van der Waals surface area contributed by atoms with Gasteiger partial charge in [-0.25, -0.2) is 0 Å². The summed E-state index contributed by atoms with van der Waals surface area (Å²) in [6.07, 6.45) is 1.75. The van der Waals surface area contributed by atoms with E-state index < -0.39 is 0 Å². The lowest BCUT2D eigenvalue weighted by Crippen LogP contribution is -1.95. The second kappa shape index (κ2) is 5.81. The Bertz CT molecular complexity index is 772. The molecule has 4 nitrogen and oxygen atoms in total. The summed E-state index contributed by atoms with van der Waals surface area (Å²) in [5, 5.41) is 0.892. The minimum absolute atomic E-state index is 0.550. The number of aromatic nitrogens is 1. The van der Waals surface area contributed by atoms with Crippen molar-refractivity contribution >= 4 is 16.6 Å². The minimum Gasteiger partial charge on any atom is -0.455 e. The van der Waals surface area contributed by atoms with Gasteiger partial charge in [0.1, 0.15) is 5.75 Å². The molecule has 2 aromatic carbocycles. The maximum atomic E-state index is 6.17. The van der Waals surface area contributed by atoms with Gasteiger partial charge in [-0.3, -0.25) is 4.98 Å². The molecule has 0 aliphatic carbocycles.